The quantitative estimate of drug-likeness (QED) is 0.676. The zero-order valence-corrected chi connectivity index (χ0v) is 13.5. The second-order valence-electron chi connectivity index (χ2n) is 6.27. The fourth-order valence-electron chi connectivity index (χ4n) is 3.44. The molecule has 1 atom stereocenters. The molecule has 0 unspecified atom stereocenters. The molecule has 1 aliphatic rings. The number of carboxylic acid groups (broad SMARTS) is 1. The lowest BCUT2D eigenvalue weighted by molar-refractivity contribution is -0.151. The highest BCUT2D eigenvalue weighted by molar-refractivity contribution is 5.86. The normalized spacial score (nSPS) is 16.8. The number of hydrogen-bond donors (Lipinski definition) is 3. The van der Waals surface area contributed by atoms with Crippen molar-refractivity contribution in [1.29, 1.82) is 0 Å². The van der Waals surface area contributed by atoms with Crippen LogP contribution in [0.2, 0.25) is 0 Å². The minimum Gasteiger partial charge on any atom is -0.480 e. The van der Waals surface area contributed by atoms with Crippen molar-refractivity contribution < 1.29 is 14.7 Å². The first-order chi connectivity index (χ1) is 12.1. The number of amides is 1. The van der Waals surface area contributed by atoms with Gasteiger partial charge in [-0.25, -0.2) is 9.78 Å². The third-order valence-corrected chi connectivity index (χ3v) is 4.79. The first-order valence-electron chi connectivity index (χ1n) is 8.22. The average Bonchev–Trinajstić information content (AvgIpc) is 3.24. The summed E-state index contributed by atoms with van der Waals surface area (Å²) in [4.78, 5) is 36.0. The highest BCUT2D eigenvalue weighted by atomic mass is 16.4. The molecule has 0 radical (unpaired) electrons. The van der Waals surface area contributed by atoms with Crippen molar-refractivity contribution in [1.82, 2.24) is 19.9 Å². The van der Waals surface area contributed by atoms with E-state index in [0.29, 0.717) is 6.42 Å². The number of nitrogens with one attached hydrogen (secondary N) is 2. The maximum Gasteiger partial charge on any atom is 0.326 e. The van der Waals surface area contributed by atoms with Gasteiger partial charge in [-0.05, 0) is 18.1 Å². The molecule has 0 saturated heterocycles. The van der Waals surface area contributed by atoms with Gasteiger partial charge in [-0.2, -0.15) is 0 Å². The van der Waals surface area contributed by atoms with E-state index in [1.54, 1.807) is 6.33 Å². The van der Waals surface area contributed by atoms with Gasteiger partial charge in [0.2, 0.25) is 5.91 Å². The number of carbonyl (C=O) groups excluding carboxylic acids is 1. The van der Waals surface area contributed by atoms with Gasteiger partial charge in [0, 0.05) is 29.9 Å². The molecule has 3 N–H and O–H groups in total. The van der Waals surface area contributed by atoms with E-state index < -0.39 is 12.0 Å². The molecule has 0 aliphatic carbocycles. The molecule has 0 spiro atoms. The van der Waals surface area contributed by atoms with E-state index in [2.05, 4.69) is 15.0 Å². The van der Waals surface area contributed by atoms with E-state index in [0.717, 1.165) is 27.9 Å². The molecule has 2 aromatic heterocycles. The van der Waals surface area contributed by atoms with Gasteiger partial charge < -0.3 is 20.0 Å². The summed E-state index contributed by atoms with van der Waals surface area (Å²) in [6.45, 7) is 0.263. The van der Waals surface area contributed by atoms with Crippen LogP contribution in [0.5, 0.6) is 0 Å². The van der Waals surface area contributed by atoms with Crippen LogP contribution in [-0.4, -0.2) is 42.9 Å². The minimum atomic E-state index is -0.992. The highest BCUT2D eigenvalue weighted by Gasteiger charge is 2.35. The Hall–Kier alpha value is -3.09. The standard InChI is InChI=1S/C18H18N4O3/c23-17(6-5-11-8-19-13-4-2-1-3-12(11)13)22-9-15-14(20-10-21-15)7-16(22)18(24)25/h1-4,8,10,16,19H,5-7,9H2,(H,20,21)(H,24,25)/t16-/m1/s1. The number of hydrogen-bond acceptors (Lipinski definition) is 3. The van der Waals surface area contributed by atoms with Gasteiger partial charge >= 0.3 is 5.97 Å². The Morgan fingerprint density at radius 1 is 1.28 bits per heavy atom. The number of aromatic nitrogens is 3. The average molecular weight is 338 g/mol. The van der Waals surface area contributed by atoms with Crippen LogP contribution >= 0.6 is 0 Å². The van der Waals surface area contributed by atoms with Crippen LogP contribution in [0.25, 0.3) is 10.9 Å². The number of imidazole rings is 1. The Morgan fingerprint density at radius 2 is 2.12 bits per heavy atom. The van der Waals surface area contributed by atoms with E-state index in [-0.39, 0.29) is 25.3 Å². The van der Waals surface area contributed by atoms with Gasteiger partial charge in [0.1, 0.15) is 6.04 Å². The lowest BCUT2D eigenvalue weighted by Gasteiger charge is -2.32. The molecule has 7 nitrogen and oxygen atoms in total. The molecule has 3 heterocycles. The van der Waals surface area contributed by atoms with Crippen LogP contribution in [0, 0.1) is 0 Å². The molecule has 0 bridgehead atoms. The van der Waals surface area contributed by atoms with E-state index >= 15 is 0 Å². The number of aromatic amines is 2. The molecular formula is C18H18N4O3. The van der Waals surface area contributed by atoms with Crippen molar-refractivity contribution in [2.45, 2.75) is 31.8 Å². The first kappa shape index (κ1) is 15.4. The van der Waals surface area contributed by atoms with Crippen molar-refractivity contribution >= 4 is 22.8 Å². The smallest absolute Gasteiger partial charge is 0.326 e. The summed E-state index contributed by atoms with van der Waals surface area (Å²) in [5.74, 6) is -1.15. The predicted octanol–water partition coefficient (Wildman–Crippen LogP) is 1.86. The lowest BCUT2D eigenvalue weighted by Crippen LogP contribution is -2.48. The van der Waals surface area contributed by atoms with Crippen LogP contribution < -0.4 is 0 Å². The minimum absolute atomic E-state index is 0.155. The van der Waals surface area contributed by atoms with Crippen LogP contribution in [0.1, 0.15) is 23.4 Å². The van der Waals surface area contributed by atoms with Crippen molar-refractivity contribution in [3.05, 3.63) is 53.7 Å². The van der Waals surface area contributed by atoms with Crippen molar-refractivity contribution in [3.8, 4) is 0 Å². The zero-order chi connectivity index (χ0) is 17.4. The Balaban J connectivity index is 1.51. The van der Waals surface area contributed by atoms with E-state index in [9.17, 15) is 14.7 Å². The molecule has 3 aromatic rings. The summed E-state index contributed by atoms with van der Waals surface area (Å²) in [7, 11) is 0. The summed E-state index contributed by atoms with van der Waals surface area (Å²) in [5.41, 5.74) is 3.65. The van der Waals surface area contributed by atoms with Gasteiger partial charge in [0.15, 0.2) is 0 Å². The molecule has 4 rings (SSSR count). The van der Waals surface area contributed by atoms with Crippen molar-refractivity contribution in [2.24, 2.45) is 0 Å². The van der Waals surface area contributed by atoms with Gasteiger partial charge in [0.05, 0.1) is 24.3 Å². The van der Waals surface area contributed by atoms with E-state index in [1.807, 2.05) is 30.5 Å². The number of rotatable bonds is 4. The number of carboxylic acids is 1. The first-order valence-corrected chi connectivity index (χ1v) is 8.22. The molecular weight excluding hydrogens is 320 g/mol. The Bertz CT molecular complexity index is 943. The summed E-state index contributed by atoms with van der Waals surface area (Å²) < 4.78 is 0. The number of para-hydroxylation sites is 1. The number of aryl methyl sites for hydroxylation is 1. The summed E-state index contributed by atoms with van der Waals surface area (Å²) >= 11 is 0. The largest absolute Gasteiger partial charge is 0.480 e. The second-order valence-corrected chi connectivity index (χ2v) is 6.27. The molecule has 1 amide bonds. The molecule has 128 valence electrons. The highest BCUT2D eigenvalue weighted by Crippen LogP contribution is 2.23. The van der Waals surface area contributed by atoms with Crippen molar-refractivity contribution in [2.75, 3.05) is 0 Å². The molecule has 1 aliphatic heterocycles. The second kappa shape index (κ2) is 6.08. The molecule has 0 saturated carbocycles. The fraction of sp³-hybridized carbons (Fsp3) is 0.278. The number of aliphatic carboxylic acids is 1. The molecule has 0 fully saturated rings. The van der Waals surface area contributed by atoms with Gasteiger partial charge in [-0.1, -0.05) is 18.2 Å². The van der Waals surface area contributed by atoms with Crippen molar-refractivity contribution in [3.63, 3.8) is 0 Å². The van der Waals surface area contributed by atoms with Crippen LogP contribution in [0.15, 0.2) is 36.8 Å². The molecule has 7 heteroatoms. The van der Waals surface area contributed by atoms with Gasteiger partial charge in [-0.15, -0.1) is 0 Å². The zero-order valence-electron chi connectivity index (χ0n) is 13.5. The van der Waals surface area contributed by atoms with Gasteiger partial charge in [-0.3, -0.25) is 4.79 Å². The maximum atomic E-state index is 12.7. The van der Waals surface area contributed by atoms with E-state index in [4.69, 9.17) is 0 Å². The third kappa shape index (κ3) is 2.77. The topological polar surface area (TPSA) is 102 Å². The number of carbonyl (C=O) groups is 2. The van der Waals surface area contributed by atoms with E-state index in [1.165, 1.54) is 4.90 Å². The number of fused-ring (bicyclic) bond motifs is 2. The summed E-state index contributed by atoms with van der Waals surface area (Å²) in [5, 5.41) is 10.6. The number of nitrogens with zero attached hydrogens (tertiary/aromatic N) is 2. The van der Waals surface area contributed by atoms with Gasteiger partial charge in [0.25, 0.3) is 0 Å². The Morgan fingerprint density at radius 3 is 2.96 bits per heavy atom. The van der Waals surface area contributed by atoms with Crippen LogP contribution in [0.4, 0.5) is 0 Å². The molecule has 1 aromatic carbocycles. The van der Waals surface area contributed by atoms with Crippen LogP contribution in [-0.2, 0) is 29.0 Å². The number of H-pyrrole nitrogens is 2. The fourth-order valence-corrected chi connectivity index (χ4v) is 3.44. The predicted molar refractivity (Wildman–Crippen MR) is 90.9 cm³/mol. The lowest BCUT2D eigenvalue weighted by atomic mass is 10.0. The summed E-state index contributed by atoms with van der Waals surface area (Å²) in [6, 6.07) is 7.08. The maximum absolute atomic E-state index is 12.7. The molecule has 25 heavy (non-hydrogen) atoms. The van der Waals surface area contributed by atoms with Crippen LogP contribution in [0.3, 0.4) is 0 Å². The Labute approximate surface area is 143 Å². The Kier molecular flexibility index (Phi) is 3.76. The SMILES string of the molecule is O=C(O)[C@H]1Cc2nc[nH]c2CN1C(=O)CCc1c[nH]c2ccccc12. The summed E-state index contributed by atoms with van der Waals surface area (Å²) in [6.07, 6.45) is 4.54. The monoisotopic (exact) mass is 338 g/mol. The number of benzene rings is 1. The third-order valence-electron chi connectivity index (χ3n) is 4.79.